The maximum Gasteiger partial charge on any atom is 0.320 e. The summed E-state index contributed by atoms with van der Waals surface area (Å²) >= 11 is 1.55. The maximum atomic E-state index is 12.8. The molecule has 140 valence electrons. The largest absolute Gasteiger partial charge is 0.337 e. The van der Waals surface area contributed by atoms with Gasteiger partial charge in [-0.25, -0.2) is 9.59 Å². The van der Waals surface area contributed by atoms with E-state index in [-0.39, 0.29) is 18.0 Å². The third-order valence-electron chi connectivity index (χ3n) is 5.06. The molecule has 5 amide bonds. The summed E-state index contributed by atoms with van der Waals surface area (Å²) in [6.45, 7) is 5.41. The van der Waals surface area contributed by atoms with Gasteiger partial charge in [0.2, 0.25) is 5.91 Å². The fraction of sp³-hybridized carbons (Fsp3) is 0.812. The fourth-order valence-corrected chi connectivity index (χ4v) is 3.71. The van der Waals surface area contributed by atoms with Crippen LogP contribution in [0.4, 0.5) is 9.59 Å². The van der Waals surface area contributed by atoms with E-state index in [4.69, 9.17) is 0 Å². The molecule has 3 aliphatic heterocycles. The zero-order valence-electron chi connectivity index (χ0n) is 14.8. The summed E-state index contributed by atoms with van der Waals surface area (Å²) in [5.74, 6) is 0.519. The second-order valence-corrected chi connectivity index (χ2v) is 7.64. The fourth-order valence-electron chi connectivity index (χ4n) is 3.15. The van der Waals surface area contributed by atoms with Crippen molar-refractivity contribution in [1.82, 2.24) is 24.9 Å². The van der Waals surface area contributed by atoms with Gasteiger partial charge in [-0.05, 0) is 19.1 Å². The van der Waals surface area contributed by atoms with E-state index in [1.165, 1.54) is 0 Å². The lowest BCUT2D eigenvalue weighted by Crippen LogP contribution is -2.60. The van der Waals surface area contributed by atoms with Crippen LogP contribution in [0.5, 0.6) is 0 Å². The third kappa shape index (κ3) is 4.13. The first kappa shape index (κ1) is 18.2. The third-order valence-corrected chi connectivity index (χ3v) is 5.73. The monoisotopic (exact) mass is 369 g/mol. The highest BCUT2D eigenvalue weighted by Crippen LogP contribution is 2.14. The van der Waals surface area contributed by atoms with Crippen molar-refractivity contribution in [2.45, 2.75) is 18.9 Å². The Bertz CT molecular complexity index is 516. The Hall–Kier alpha value is -1.64. The summed E-state index contributed by atoms with van der Waals surface area (Å²) in [5.41, 5.74) is 0. The first-order valence-corrected chi connectivity index (χ1v) is 10.4. The summed E-state index contributed by atoms with van der Waals surface area (Å²) in [4.78, 5) is 44.3. The van der Waals surface area contributed by atoms with Gasteiger partial charge in [0.05, 0.1) is 0 Å². The Kier molecular flexibility index (Phi) is 5.93. The highest BCUT2D eigenvalue weighted by molar-refractivity contribution is 7.98. The van der Waals surface area contributed by atoms with E-state index in [2.05, 4.69) is 5.32 Å². The van der Waals surface area contributed by atoms with Gasteiger partial charge in [0, 0.05) is 58.1 Å². The highest BCUT2D eigenvalue weighted by Gasteiger charge is 2.33. The summed E-state index contributed by atoms with van der Waals surface area (Å²) in [7, 11) is 0. The summed E-state index contributed by atoms with van der Waals surface area (Å²) in [6, 6.07) is -0.559. The molecule has 1 unspecified atom stereocenters. The number of carbonyl (C=O) groups is 3. The van der Waals surface area contributed by atoms with Gasteiger partial charge in [0.1, 0.15) is 6.04 Å². The summed E-state index contributed by atoms with van der Waals surface area (Å²) in [5, 5.41) is 2.87. The van der Waals surface area contributed by atoms with Crippen LogP contribution in [0.2, 0.25) is 0 Å². The minimum Gasteiger partial charge on any atom is -0.337 e. The van der Waals surface area contributed by atoms with E-state index >= 15 is 0 Å². The molecule has 3 saturated heterocycles. The molecule has 1 atom stereocenters. The molecule has 3 fully saturated rings. The number of likely N-dealkylation sites (tertiary alicyclic amines) is 2. The van der Waals surface area contributed by atoms with Crippen molar-refractivity contribution in [2.75, 3.05) is 64.4 Å². The van der Waals surface area contributed by atoms with Crippen molar-refractivity contribution >= 4 is 29.7 Å². The summed E-state index contributed by atoms with van der Waals surface area (Å²) in [6.07, 6.45) is 4.04. The smallest absolute Gasteiger partial charge is 0.320 e. The summed E-state index contributed by atoms with van der Waals surface area (Å²) < 4.78 is 0. The molecule has 0 aromatic rings. The Morgan fingerprint density at radius 1 is 0.840 bits per heavy atom. The van der Waals surface area contributed by atoms with Crippen LogP contribution in [0.3, 0.4) is 0 Å². The van der Waals surface area contributed by atoms with Gasteiger partial charge in [-0.1, -0.05) is 0 Å². The van der Waals surface area contributed by atoms with E-state index < -0.39 is 6.04 Å². The van der Waals surface area contributed by atoms with Gasteiger partial charge in [-0.3, -0.25) is 4.79 Å². The standard InChI is InChI=1S/C16H27N5O3S/c1-25-12-13(17-15(23)19-4-2-5-19)14(22)18-8-10-21(11-9-18)16(24)20-6-3-7-20/h13H,2-12H2,1H3,(H,17,23). The van der Waals surface area contributed by atoms with Crippen molar-refractivity contribution < 1.29 is 14.4 Å². The normalized spacial score (nSPS) is 21.3. The Balaban J connectivity index is 1.50. The highest BCUT2D eigenvalue weighted by atomic mass is 32.2. The van der Waals surface area contributed by atoms with Crippen LogP contribution < -0.4 is 5.32 Å². The van der Waals surface area contributed by atoms with Crippen LogP contribution in [0.25, 0.3) is 0 Å². The maximum absolute atomic E-state index is 12.8. The molecule has 3 heterocycles. The predicted octanol–water partition coefficient (Wildman–Crippen LogP) is 0.103. The topological polar surface area (TPSA) is 76.2 Å². The van der Waals surface area contributed by atoms with Crippen LogP contribution in [0.15, 0.2) is 0 Å². The number of carbonyl (C=O) groups excluding carboxylic acids is 3. The molecule has 0 spiro atoms. The lowest BCUT2D eigenvalue weighted by molar-refractivity contribution is -0.134. The van der Waals surface area contributed by atoms with Crippen LogP contribution in [0.1, 0.15) is 12.8 Å². The Morgan fingerprint density at radius 3 is 1.84 bits per heavy atom. The minimum atomic E-state index is -0.499. The quantitative estimate of drug-likeness (QED) is 0.763. The lowest BCUT2D eigenvalue weighted by Gasteiger charge is -2.41. The van der Waals surface area contributed by atoms with Crippen LogP contribution in [-0.4, -0.2) is 108 Å². The van der Waals surface area contributed by atoms with E-state index in [9.17, 15) is 14.4 Å². The first-order chi connectivity index (χ1) is 12.1. The molecule has 3 rings (SSSR count). The lowest BCUT2D eigenvalue weighted by atomic mass is 10.2. The number of thioether (sulfide) groups is 1. The molecule has 0 aromatic heterocycles. The number of hydrogen-bond acceptors (Lipinski definition) is 4. The predicted molar refractivity (Wildman–Crippen MR) is 96.6 cm³/mol. The number of urea groups is 2. The van der Waals surface area contributed by atoms with Gasteiger partial charge in [0.15, 0.2) is 0 Å². The molecular weight excluding hydrogens is 342 g/mol. The van der Waals surface area contributed by atoms with E-state index in [0.29, 0.717) is 31.9 Å². The number of piperazine rings is 1. The average molecular weight is 369 g/mol. The Labute approximate surface area is 152 Å². The molecule has 0 bridgehead atoms. The molecule has 0 radical (unpaired) electrons. The molecule has 9 heteroatoms. The molecular formula is C16H27N5O3S. The Morgan fingerprint density at radius 2 is 1.36 bits per heavy atom. The van der Waals surface area contributed by atoms with Crippen molar-refractivity contribution in [3.8, 4) is 0 Å². The van der Waals surface area contributed by atoms with Gasteiger partial charge in [0.25, 0.3) is 0 Å². The number of amides is 5. The van der Waals surface area contributed by atoms with Crippen molar-refractivity contribution in [3.63, 3.8) is 0 Å². The van der Waals surface area contributed by atoms with E-state index in [0.717, 1.165) is 39.0 Å². The first-order valence-electron chi connectivity index (χ1n) is 8.97. The van der Waals surface area contributed by atoms with Gasteiger partial charge < -0.3 is 24.9 Å². The second-order valence-electron chi connectivity index (χ2n) is 6.73. The SMILES string of the molecule is CSCC(NC(=O)N1CCC1)C(=O)N1CCN(C(=O)N2CCC2)CC1. The molecule has 0 aliphatic carbocycles. The zero-order valence-corrected chi connectivity index (χ0v) is 15.6. The average Bonchev–Trinajstić information content (AvgIpc) is 2.50. The molecule has 0 aromatic carbocycles. The molecule has 1 N–H and O–H groups in total. The second kappa shape index (κ2) is 8.16. The van der Waals surface area contributed by atoms with Crippen LogP contribution in [-0.2, 0) is 4.79 Å². The van der Waals surface area contributed by atoms with Crippen LogP contribution in [0, 0.1) is 0 Å². The van der Waals surface area contributed by atoms with E-state index in [1.807, 2.05) is 16.1 Å². The molecule has 0 saturated carbocycles. The zero-order chi connectivity index (χ0) is 17.8. The number of rotatable bonds is 4. The molecule has 8 nitrogen and oxygen atoms in total. The van der Waals surface area contributed by atoms with Gasteiger partial charge in [-0.15, -0.1) is 0 Å². The number of hydrogen-bond donors (Lipinski definition) is 1. The van der Waals surface area contributed by atoms with Gasteiger partial charge in [-0.2, -0.15) is 11.8 Å². The number of nitrogens with one attached hydrogen (secondary N) is 1. The van der Waals surface area contributed by atoms with Crippen molar-refractivity contribution in [1.29, 1.82) is 0 Å². The van der Waals surface area contributed by atoms with E-state index in [1.54, 1.807) is 21.6 Å². The van der Waals surface area contributed by atoms with Gasteiger partial charge >= 0.3 is 12.1 Å². The number of nitrogens with zero attached hydrogens (tertiary/aromatic N) is 4. The molecule has 3 aliphatic rings. The van der Waals surface area contributed by atoms with Crippen molar-refractivity contribution in [2.24, 2.45) is 0 Å². The molecule has 25 heavy (non-hydrogen) atoms. The van der Waals surface area contributed by atoms with Crippen molar-refractivity contribution in [3.05, 3.63) is 0 Å². The van der Waals surface area contributed by atoms with Crippen LogP contribution >= 0.6 is 11.8 Å². The minimum absolute atomic E-state index is 0.0423.